The summed E-state index contributed by atoms with van der Waals surface area (Å²) >= 11 is 0. The van der Waals surface area contributed by atoms with Gasteiger partial charge in [0.1, 0.15) is 19.3 Å². The predicted octanol–water partition coefficient (Wildman–Crippen LogP) is 26.8. The van der Waals surface area contributed by atoms with Gasteiger partial charge in [-0.3, -0.25) is 37.3 Å². The second-order valence-electron chi connectivity index (χ2n) is 31.8. The number of hydrogen-bond donors (Lipinski definition) is 3. The topological polar surface area (TPSA) is 237 Å². The molecule has 2 unspecified atom stereocenters. The third-order valence-corrected chi connectivity index (χ3v) is 22.4. The lowest BCUT2D eigenvalue weighted by molar-refractivity contribution is -0.161. The first-order valence-electron chi connectivity index (χ1n) is 45.1. The van der Waals surface area contributed by atoms with E-state index in [4.69, 9.17) is 37.0 Å². The Morgan fingerprint density at radius 1 is 0.255 bits per heavy atom. The lowest BCUT2D eigenvalue weighted by Crippen LogP contribution is -2.30. The molecule has 0 aromatic heterocycles. The van der Waals surface area contributed by atoms with Gasteiger partial charge in [-0.15, -0.1) is 0 Å². The third-order valence-electron chi connectivity index (χ3n) is 20.5. The summed E-state index contributed by atoms with van der Waals surface area (Å²) in [5, 5.41) is 10.7. The minimum Gasteiger partial charge on any atom is -0.462 e. The highest BCUT2D eigenvalue weighted by Gasteiger charge is 2.30. The van der Waals surface area contributed by atoms with Gasteiger partial charge in [-0.05, 0) is 31.6 Å². The number of esters is 4. The second-order valence-corrected chi connectivity index (χ2v) is 34.7. The van der Waals surface area contributed by atoms with Gasteiger partial charge in [0.2, 0.25) is 0 Å². The molecule has 0 spiro atoms. The van der Waals surface area contributed by atoms with Gasteiger partial charge in [0.25, 0.3) is 0 Å². The molecule has 3 N–H and O–H groups in total. The molecule has 0 aliphatic heterocycles. The van der Waals surface area contributed by atoms with Crippen LogP contribution < -0.4 is 0 Å². The fourth-order valence-electron chi connectivity index (χ4n) is 13.6. The zero-order chi connectivity index (χ0) is 77.6. The van der Waals surface area contributed by atoms with Crippen molar-refractivity contribution in [3.05, 3.63) is 0 Å². The number of aliphatic hydroxyl groups is 1. The van der Waals surface area contributed by atoms with E-state index in [0.29, 0.717) is 25.7 Å². The molecule has 0 bridgehead atoms. The Bertz CT molecular complexity index is 2010. The van der Waals surface area contributed by atoms with Crippen molar-refractivity contribution >= 4 is 39.5 Å². The molecular weight excluding hydrogens is 1380 g/mol. The van der Waals surface area contributed by atoms with Crippen LogP contribution in [0.4, 0.5) is 0 Å². The van der Waals surface area contributed by atoms with Crippen molar-refractivity contribution in [2.45, 2.75) is 490 Å². The van der Waals surface area contributed by atoms with Crippen LogP contribution in [-0.2, 0) is 65.4 Å². The largest absolute Gasteiger partial charge is 0.472 e. The Morgan fingerprint density at radius 3 is 0.642 bits per heavy atom. The molecule has 630 valence electrons. The standard InChI is InChI=1S/C87H170O17P2/c1-6-9-12-15-18-21-24-27-30-32-34-35-36-38-40-42-45-48-51-58-63-68-73-87(92)103-82(76-97-84(89)70-65-60-55-49-46-44-41-39-37-33-31-28-25-22-19-16-13-10-7-2)78-101-105(93,94)99-74-81(88)75-100-106(95,96)102-79-83(77-98-85(90)71-66-61-56-53-52-54-59-64-69-80(4)5)104-86(91)72-67-62-57-50-47-43-29-26-23-20-17-14-11-8-3/h80-83,88H,6-79H2,1-5H3,(H,93,94)(H,95,96)/t81-,82-,83-/m1/s1. The molecular formula is C87H170O17P2. The van der Waals surface area contributed by atoms with Crippen LogP contribution >= 0.6 is 15.6 Å². The summed E-state index contributed by atoms with van der Waals surface area (Å²) < 4.78 is 68.9. The molecule has 0 aliphatic rings. The minimum absolute atomic E-state index is 0.108. The molecule has 19 heteroatoms. The van der Waals surface area contributed by atoms with Gasteiger partial charge in [0.05, 0.1) is 26.4 Å². The zero-order valence-electron chi connectivity index (χ0n) is 69.6. The molecule has 106 heavy (non-hydrogen) atoms. The van der Waals surface area contributed by atoms with Crippen LogP contribution in [0.3, 0.4) is 0 Å². The summed E-state index contributed by atoms with van der Waals surface area (Å²) in [5.41, 5.74) is 0. The van der Waals surface area contributed by atoms with E-state index in [1.807, 2.05) is 0 Å². The number of carbonyl (C=O) groups is 4. The molecule has 0 aromatic rings. The van der Waals surface area contributed by atoms with Crippen molar-refractivity contribution in [2.24, 2.45) is 5.92 Å². The Labute approximate surface area is 651 Å². The Hall–Kier alpha value is -1.94. The highest BCUT2D eigenvalue weighted by molar-refractivity contribution is 7.47. The van der Waals surface area contributed by atoms with E-state index in [0.717, 1.165) is 95.8 Å². The van der Waals surface area contributed by atoms with Crippen LogP contribution in [0.2, 0.25) is 0 Å². The molecule has 0 amide bonds. The molecule has 0 fully saturated rings. The van der Waals surface area contributed by atoms with E-state index in [-0.39, 0.29) is 25.7 Å². The Morgan fingerprint density at radius 2 is 0.434 bits per heavy atom. The second kappa shape index (κ2) is 79.7. The van der Waals surface area contributed by atoms with Gasteiger partial charge < -0.3 is 33.8 Å². The fourth-order valence-corrected chi connectivity index (χ4v) is 15.2. The van der Waals surface area contributed by atoms with Crippen molar-refractivity contribution in [3.8, 4) is 0 Å². The maximum absolute atomic E-state index is 13.2. The first kappa shape index (κ1) is 104. The summed E-state index contributed by atoms with van der Waals surface area (Å²) in [6.45, 7) is 7.33. The van der Waals surface area contributed by atoms with E-state index >= 15 is 0 Å². The number of unbranched alkanes of at least 4 members (excludes halogenated alkanes) is 59. The summed E-state index contributed by atoms with van der Waals surface area (Å²) in [6.07, 6.45) is 73.8. The van der Waals surface area contributed by atoms with Crippen LogP contribution in [0.25, 0.3) is 0 Å². The van der Waals surface area contributed by atoms with Crippen molar-refractivity contribution in [1.29, 1.82) is 0 Å². The lowest BCUT2D eigenvalue weighted by atomic mass is 10.0. The molecule has 5 atom stereocenters. The number of hydrogen-bond acceptors (Lipinski definition) is 15. The van der Waals surface area contributed by atoms with Gasteiger partial charge in [0, 0.05) is 25.7 Å². The van der Waals surface area contributed by atoms with E-state index < -0.39 is 97.5 Å². The highest BCUT2D eigenvalue weighted by atomic mass is 31.2. The minimum atomic E-state index is -4.97. The summed E-state index contributed by atoms with van der Waals surface area (Å²) in [5.74, 6) is -1.37. The molecule has 0 saturated carbocycles. The average molecular weight is 1550 g/mol. The Kier molecular flexibility index (Phi) is 78.2. The maximum atomic E-state index is 13.2. The number of phosphoric ester groups is 2. The molecule has 0 aliphatic carbocycles. The van der Waals surface area contributed by atoms with Gasteiger partial charge in [-0.1, -0.05) is 420 Å². The van der Waals surface area contributed by atoms with Gasteiger partial charge in [-0.2, -0.15) is 0 Å². The smallest absolute Gasteiger partial charge is 0.462 e. The monoisotopic (exact) mass is 1550 g/mol. The van der Waals surface area contributed by atoms with E-state index in [1.54, 1.807) is 0 Å². The van der Waals surface area contributed by atoms with Gasteiger partial charge >= 0.3 is 39.5 Å². The molecule has 0 rings (SSSR count). The fraction of sp³-hybridized carbons (Fsp3) is 0.954. The van der Waals surface area contributed by atoms with Crippen LogP contribution in [0.5, 0.6) is 0 Å². The number of carbonyl (C=O) groups excluding carboxylic acids is 4. The van der Waals surface area contributed by atoms with E-state index in [9.17, 15) is 43.2 Å². The van der Waals surface area contributed by atoms with Crippen molar-refractivity contribution in [2.75, 3.05) is 39.6 Å². The zero-order valence-corrected chi connectivity index (χ0v) is 71.4. The van der Waals surface area contributed by atoms with Crippen molar-refractivity contribution in [1.82, 2.24) is 0 Å². The number of phosphoric acid groups is 2. The van der Waals surface area contributed by atoms with Crippen molar-refractivity contribution in [3.63, 3.8) is 0 Å². The predicted molar refractivity (Wildman–Crippen MR) is 437 cm³/mol. The quantitative estimate of drug-likeness (QED) is 0.0222. The van der Waals surface area contributed by atoms with Gasteiger partial charge in [0.15, 0.2) is 12.2 Å². The van der Waals surface area contributed by atoms with E-state index in [2.05, 4.69) is 34.6 Å². The molecule has 0 aromatic carbocycles. The number of rotatable bonds is 87. The van der Waals surface area contributed by atoms with Crippen LogP contribution in [0.15, 0.2) is 0 Å². The molecule has 17 nitrogen and oxygen atoms in total. The van der Waals surface area contributed by atoms with Crippen molar-refractivity contribution < 1.29 is 80.2 Å². The maximum Gasteiger partial charge on any atom is 0.472 e. The normalized spacial score (nSPS) is 13.7. The third kappa shape index (κ3) is 80.1. The van der Waals surface area contributed by atoms with E-state index in [1.165, 1.54) is 295 Å². The first-order chi connectivity index (χ1) is 51.5. The summed E-state index contributed by atoms with van der Waals surface area (Å²) in [6, 6.07) is 0. The molecule has 0 heterocycles. The number of aliphatic hydroxyl groups excluding tert-OH is 1. The van der Waals surface area contributed by atoms with Crippen LogP contribution in [0.1, 0.15) is 471 Å². The van der Waals surface area contributed by atoms with Gasteiger partial charge in [-0.25, -0.2) is 9.13 Å². The SMILES string of the molecule is CCCCCCCCCCCCCCCCCCCCCCCCC(=O)O[C@H](COC(=O)CCCCCCCCCCCCCCCCCCCCC)COP(=O)(O)OC[C@@H](O)COP(=O)(O)OC[C@@H](COC(=O)CCCCCCCCCCC(C)C)OC(=O)CCCCCCCCCCCCCCCC. The van der Waals surface area contributed by atoms with Crippen LogP contribution in [0, 0.1) is 5.92 Å². The summed E-state index contributed by atoms with van der Waals surface area (Å²) in [4.78, 5) is 73.2. The molecule has 0 saturated heterocycles. The lowest BCUT2D eigenvalue weighted by Gasteiger charge is -2.21. The summed E-state index contributed by atoms with van der Waals surface area (Å²) in [7, 11) is -9.93. The first-order valence-corrected chi connectivity index (χ1v) is 48.1. The van der Waals surface area contributed by atoms with Crippen LogP contribution in [-0.4, -0.2) is 96.7 Å². The highest BCUT2D eigenvalue weighted by Crippen LogP contribution is 2.45. The Balaban J connectivity index is 5.22. The number of ether oxygens (including phenoxy) is 4. The molecule has 0 radical (unpaired) electrons. The average Bonchev–Trinajstić information content (AvgIpc) is 0.921.